The summed E-state index contributed by atoms with van der Waals surface area (Å²) < 4.78 is 7.23. The Morgan fingerprint density at radius 2 is 1.50 bits per heavy atom. The minimum atomic E-state index is -2.62. The second-order valence-electron chi connectivity index (χ2n) is 9.20. The SMILES string of the molecule is CC(C)(C)[Si](O[C@@H]1/C=C\CCC(=O)CC[C@H](Cl)C1)(c1ccccc1)c1ccccc1. The number of allylic oxidation sites excluding steroid dienone is 1. The lowest BCUT2D eigenvalue weighted by Gasteiger charge is -2.45. The molecule has 2 aromatic carbocycles. The molecule has 0 bridgehead atoms. The van der Waals surface area contributed by atoms with Gasteiger partial charge in [-0.2, -0.15) is 0 Å². The smallest absolute Gasteiger partial charge is 0.261 e. The number of carbonyl (C=O) groups excluding carboxylic acids is 1. The lowest BCUT2D eigenvalue weighted by molar-refractivity contribution is -0.119. The third kappa shape index (κ3) is 5.32. The van der Waals surface area contributed by atoms with Crippen molar-refractivity contribution in [2.45, 2.75) is 69.4 Å². The Hall–Kier alpha value is -1.68. The van der Waals surface area contributed by atoms with Crippen LogP contribution in [0.5, 0.6) is 0 Å². The Balaban J connectivity index is 2.08. The molecule has 1 aliphatic carbocycles. The molecule has 0 saturated heterocycles. The number of carbonyl (C=O) groups is 1. The fraction of sp³-hybridized carbons (Fsp3) is 0.423. The van der Waals surface area contributed by atoms with Crippen LogP contribution in [0.1, 0.15) is 52.9 Å². The molecule has 1 aliphatic rings. The summed E-state index contributed by atoms with van der Waals surface area (Å²) in [5.74, 6) is 0.302. The average Bonchev–Trinajstić information content (AvgIpc) is 2.73. The molecule has 0 fully saturated rings. The van der Waals surface area contributed by atoms with E-state index in [2.05, 4.69) is 93.6 Å². The second kappa shape index (κ2) is 10.1. The second-order valence-corrected chi connectivity index (χ2v) is 14.1. The zero-order chi connectivity index (χ0) is 21.6. The van der Waals surface area contributed by atoms with Gasteiger partial charge in [0.2, 0.25) is 0 Å². The van der Waals surface area contributed by atoms with Crippen LogP contribution in [-0.2, 0) is 9.22 Å². The number of hydrogen-bond donors (Lipinski definition) is 0. The summed E-state index contributed by atoms with van der Waals surface area (Å²) in [6.45, 7) is 6.87. The molecular weight excluding hydrogens is 408 g/mol. The van der Waals surface area contributed by atoms with E-state index in [0.29, 0.717) is 18.6 Å². The first-order valence-corrected chi connectivity index (χ1v) is 13.3. The van der Waals surface area contributed by atoms with Crippen LogP contribution in [-0.4, -0.2) is 25.6 Å². The largest absolute Gasteiger partial charge is 0.401 e. The quantitative estimate of drug-likeness (QED) is 0.350. The van der Waals surface area contributed by atoms with Crippen molar-refractivity contribution in [3.05, 3.63) is 72.8 Å². The zero-order valence-corrected chi connectivity index (χ0v) is 20.1. The molecule has 160 valence electrons. The number of halogens is 1. The molecule has 4 heteroatoms. The highest BCUT2D eigenvalue weighted by Crippen LogP contribution is 2.38. The van der Waals surface area contributed by atoms with Gasteiger partial charge in [-0.15, -0.1) is 11.6 Å². The van der Waals surface area contributed by atoms with Crippen LogP contribution in [0, 0.1) is 0 Å². The summed E-state index contributed by atoms with van der Waals surface area (Å²) in [6.07, 6.45) is 7.53. The predicted molar refractivity (Wildman–Crippen MR) is 129 cm³/mol. The maximum atomic E-state index is 11.9. The lowest BCUT2D eigenvalue weighted by atomic mass is 10.0. The van der Waals surface area contributed by atoms with Gasteiger partial charge >= 0.3 is 0 Å². The number of Topliss-reactive ketones (excluding diaryl/α,β-unsaturated/α-hetero) is 1. The predicted octanol–water partition coefficient (Wildman–Crippen LogP) is 5.63. The Labute approximate surface area is 187 Å². The van der Waals surface area contributed by atoms with Crippen molar-refractivity contribution < 1.29 is 9.22 Å². The Bertz CT molecular complexity index is 803. The third-order valence-electron chi connectivity index (χ3n) is 5.91. The molecular formula is C26H33ClO2Si. The van der Waals surface area contributed by atoms with E-state index in [-0.39, 0.29) is 16.5 Å². The normalized spacial score (nSPS) is 22.5. The van der Waals surface area contributed by atoms with E-state index < -0.39 is 8.32 Å². The molecule has 2 nitrogen and oxygen atoms in total. The third-order valence-corrected chi connectivity index (χ3v) is 11.4. The molecule has 0 unspecified atom stereocenters. The van der Waals surface area contributed by atoms with Crippen molar-refractivity contribution in [2.75, 3.05) is 0 Å². The average molecular weight is 441 g/mol. The summed E-state index contributed by atoms with van der Waals surface area (Å²) in [4.78, 5) is 11.9. The van der Waals surface area contributed by atoms with E-state index in [1.165, 1.54) is 10.4 Å². The van der Waals surface area contributed by atoms with Gasteiger partial charge in [0, 0.05) is 18.2 Å². The summed E-state index contributed by atoms with van der Waals surface area (Å²) >= 11 is 6.66. The van der Waals surface area contributed by atoms with Crippen molar-refractivity contribution in [1.82, 2.24) is 0 Å². The van der Waals surface area contributed by atoms with E-state index >= 15 is 0 Å². The molecule has 0 spiro atoms. The lowest BCUT2D eigenvalue weighted by Crippen LogP contribution is -2.67. The van der Waals surface area contributed by atoms with Crippen molar-refractivity contribution in [3.63, 3.8) is 0 Å². The van der Waals surface area contributed by atoms with Gasteiger partial charge in [-0.1, -0.05) is 93.6 Å². The number of benzene rings is 2. The summed E-state index contributed by atoms with van der Waals surface area (Å²) in [6, 6.07) is 21.4. The minimum absolute atomic E-state index is 0.0695. The fourth-order valence-corrected chi connectivity index (χ4v) is 9.32. The number of rotatable bonds is 4. The van der Waals surface area contributed by atoms with Gasteiger partial charge in [0.15, 0.2) is 0 Å². The van der Waals surface area contributed by atoms with Gasteiger partial charge in [0.1, 0.15) is 5.78 Å². The summed E-state index contributed by atoms with van der Waals surface area (Å²) in [5.41, 5.74) is 0. The van der Waals surface area contributed by atoms with Crippen molar-refractivity contribution in [2.24, 2.45) is 0 Å². The first-order valence-electron chi connectivity index (χ1n) is 10.9. The van der Waals surface area contributed by atoms with Crippen LogP contribution in [0.2, 0.25) is 5.04 Å². The zero-order valence-electron chi connectivity index (χ0n) is 18.3. The molecule has 0 N–H and O–H groups in total. The standard InChI is InChI=1S/C26H33ClO2Si/c1-26(2,3)30(24-14-6-4-7-15-24,25-16-8-5-9-17-25)29-23-13-11-10-12-22(28)19-18-21(27)20-23/h4-9,11,13-17,21,23H,10,12,18-20H2,1-3H3/b13-11-/t21-,23+/m0/s1. The van der Waals surface area contributed by atoms with Crippen LogP contribution in [0.15, 0.2) is 72.8 Å². The monoisotopic (exact) mass is 440 g/mol. The Morgan fingerprint density at radius 1 is 0.933 bits per heavy atom. The fourth-order valence-electron chi connectivity index (χ4n) is 4.39. The van der Waals surface area contributed by atoms with E-state index in [1.54, 1.807) is 0 Å². The van der Waals surface area contributed by atoms with Gasteiger partial charge in [0.25, 0.3) is 8.32 Å². The van der Waals surface area contributed by atoms with Crippen molar-refractivity contribution >= 4 is 36.1 Å². The van der Waals surface area contributed by atoms with Crippen LogP contribution >= 0.6 is 11.6 Å². The topological polar surface area (TPSA) is 26.3 Å². The van der Waals surface area contributed by atoms with Crippen LogP contribution in [0.4, 0.5) is 0 Å². The van der Waals surface area contributed by atoms with Crippen LogP contribution in [0.3, 0.4) is 0 Å². The molecule has 0 radical (unpaired) electrons. The molecule has 0 amide bonds. The molecule has 0 saturated carbocycles. The maximum absolute atomic E-state index is 11.9. The van der Waals surface area contributed by atoms with E-state index in [1.807, 2.05) is 0 Å². The highest BCUT2D eigenvalue weighted by atomic mass is 35.5. The number of ketones is 1. The van der Waals surface area contributed by atoms with Crippen molar-refractivity contribution in [1.29, 1.82) is 0 Å². The molecule has 0 heterocycles. The minimum Gasteiger partial charge on any atom is -0.401 e. The Morgan fingerprint density at radius 3 is 2.03 bits per heavy atom. The highest BCUT2D eigenvalue weighted by molar-refractivity contribution is 6.99. The van der Waals surface area contributed by atoms with Gasteiger partial charge in [-0.05, 0) is 34.7 Å². The first kappa shape index (κ1) is 23.0. The van der Waals surface area contributed by atoms with Gasteiger partial charge < -0.3 is 4.43 Å². The molecule has 0 aromatic heterocycles. The summed E-state index contributed by atoms with van der Waals surface area (Å²) in [7, 11) is -2.62. The van der Waals surface area contributed by atoms with E-state index in [4.69, 9.17) is 16.0 Å². The molecule has 2 atom stereocenters. The van der Waals surface area contributed by atoms with E-state index in [0.717, 1.165) is 19.3 Å². The van der Waals surface area contributed by atoms with Crippen LogP contribution in [0.25, 0.3) is 0 Å². The molecule has 2 aromatic rings. The number of alkyl halides is 1. The Kier molecular flexibility index (Phi) is 7.73. The van der Waals surface area contributed by atoms with E-state index in [9.17, 15) is 4.79 Å². The van der Waals surface area contributed by atoms with Crippen molar-refractivity contribution in [3.8, 4) is 0 Å². The molecule has 30 heavy (non-hydrogen) atoms. The molecule has 3 rings (SSSR count). The maximum Gasteiger partial charge on any atom is 0.261 e. The van der Waals surface area contributed by atoms with Gasteiger partial charge in [-0.25, -0.2) is 0 Å². The first-order chi connectivity index (χ1) is 14.3. The summed E-state index contributed by atoms with van der Waals surface area (Å²) in [5, 5.41) is 2.40. The number of hydrogen-bond acceptors (Lipinski definition) is 2. The van der Waals surface area contributed by atoms with Gasteiger partial charge in [-0.3, -0.25) is 4.79 Å². The van der Waals surface area contributed by atoms with Crippen LogP contribution < -0.4 is 10.4 Å². The highest BCUT2D eigenvalue weighted by Gasteiger charge is 2.51. The van der Waals surface area contributed by atoms with Gasteiger partial charge in [0.05, 0.1) is 6.10 Å². The molecule has 0 aliphatic heterocycles.